The lowest BCUT2D eigenvalue weighted by Crippen LogP contribution is -2.08. The minimum atomic E-state index is -0.0785. The summed E-state index contributed by atoms with van der Waals surface area (Å²) >= 11 is 0. The van der Waals surface area contributed by atoms with Gasteiger partial charge < -0.3 is 9.84 Å². The Balaban J connectivity index is 1.87. The SMILES string of the molecule is COc1cc(C(Cc2cc(C)ccn2)c2ccc3cccnc3c2O)ccc1C. The number of pyridine rings is 2. The van der Waals surface area contributed by atoms with E-state index in [-0.39, 0.29) is 11.7 Å². The van der Waals surface area contributed by atoms with E-state index < -0.39 is 0 Å². The first-order chi connectivity index (χ1) is 14.1. The third kappa shape index (κ3) is 3.79. The standard InChI is InChI=1S/C25H24N2O2/c1-16-10-12-26-20(13-16)15-22(19-7-6-17(2)23(14-19)29-3)21-9-8-18-5-4-11-27-24(18)25(21)28/h4-14,22,28H,15H2,1-3H3. The fraction of sp³-hybridized carbons (Fsp3) is 0.200. The van der Waals surface area contributed by atoms with Crippen molar-refractivity contribution in [1.29, 1.82) is 0 Å². The predicted octanol–water partition coefficient (Wildman–Crippen LogP) is 5.34. The van der Waals surface area contributed by atoms with Crippen LogP contribution in [0.4, 0.5) is 0 Å². The number of fused-ring (bicyclic) bond motifs is 1. The van der Waals surface area contributed by atoms with Gasteiger partial charge in [-0.05, 0) is 54.8 Å². The Kier molecular flexibility index (Phi) is 5.17. The van der Waals surface area contributed by atoms with Crippen molar-refractivity contribution in [2.75, 3.05) is 7.11 Å². The molecule has 0 aliphatic heterocycles. The summed E-state index contributed by atoms with van der Waals surface area (Å²) in [5, 5.41) is 12.0. The largest absolute Gasteiger partial charge is 0.505 e. The van der Waals surface area contributed by atoms with Crippen molar-refractivity contribution < 1.29 is 9.84 Å². The van der Waals surface area contributed by atoms with E-state index in [1.54, 1.807) is 13.3 Å². The van der Waals surface area contributed by atoms with Crippen LogP contribution in [0.3, 0.4) is 0 Å². The first-order valence-electron chi connectivity index (χ1n) is 9.69. The van der Waals surface area contributed by atoms with Gasteiger partial charge in [0.1, 0.15) is 17.0 Å². The summed E-state index contributed by atoms with van der Waals surface area (Å²) in [7, 11) is 1.68. The Morgan fingerprint density at radius 3 is 2.62 bits per heavy atom. The maximum absolute atomic E-state index is 11.1. The number of nitrogens with zero attached hydrogens (tertiary/aromatic N) is 2. The first kappa shape index (κ1) is 18.9. The summed E-state index contributed by atoms with van der Waals surface area (Å²) in [6.45, 7) is 4.09. The molecule has 0 radical (unpaired) electrons. The lowest BCUT2D eigenvalue weighted by atomic mass is 9.85. The Labute approximate surface area is 170 Å². The molecule has 4 aromatic rings. The van der Waals surface area contributed by atoms with Gasteiger partial charge in [-0.3, -0.25) is 9.97 Å². The number of aromatic nitrogens is 2. The van der Waals surface area contributed by atoms with E-state index in [4.69, 9.17) is 4.74 Å². The number of phenolic OH excluding ortho intramolecular Hbond substituents is 1. The molecule has 29 heavy (non-hydrogen) atoms. The maximum atomic E-state index is 11.1. The second-order valence-corrected chi connectivity index (χ2v) is 7.39. The minimum Gasteiger partial charge on any atom is -0.505 e. The van der Waals surface area contributed by atoms with Gasteiger partial charge in [0, 0.05) is 41.4 Å². The van der Waals surface area contributed by atoms with E-state index in [2.05, 4.69) is 41.2 Å². The number of rotatable bonds is 5. The molecule has 2 heterocycles. The van der Waals surface area contributed by atoms with Gasteiger partial charge in [-0.15, -0.1) is 0 Å². The lowest BCUT2D eigenvalue weighted by Gasteiger charge is -2.21. The van der Waals surface area contributed by atoms with Gasteiger partial charge in [-0.1, -0.05) is 30.3 Å². The monoisotopic (exact) mass is 384 g/mol. The van der Waals surface area contributed by atoms with Crippen LogP contribution < -0.4 is 4.74 Å². The Bertz CT molecular complexity index is 1170. The van der Waals surface area contributed by atoms with Crippen LogP contribution in [0.25, 0.3) is 10.9 Å². The highest BCUT2D eigenvalue weighted by molar-refractivity contribution is 5.85. The molecule has 4 rings (SSSR count). The van der Waals surface area contributed by atoms with Crippen LogP contribution in [0.1, 0.15) is 33.9 Å². The average molecular weight is 384 g/mol. The molecule has 0 bridgehead atoms. The smallest absolute Gasteiger partial charge is 0.145 e. The Morgan fingerprint density at radius 2 is 1.83 bits per heavy atom. The number of hydrogen-bond acceptors (Lipinski definition) is 4. The van der Waals surface area contributed by atoms with Crippen LogP contribution >= 0.6 is 0 Å². The zero-order valence-electron chi connectivity index (χ0n) is 16.9. The fourth-order valence-corrected chi connectivity index (χ4v) is 3.81. The van der Waals surface area contributed by atoms with Gasteiger partial charge in [-0.2, -0.15) is 0 Å². The third-order valence-corrected chi connectivity index (χ3v) is 5.37. The molecule has 0 amide bonds. The van der Waals surface area contributed by atoms with E-state index in [0.717, 1.165) is 33.5 Å². The Morgan fingerprint density at radius 1 is 0.966 bits per heavy atom. The molecule has 0 saturated carbocycles. The molecule has 146 valence electrons. The highest BCUT2D eigenvalue weighted by Gasteiger charge is 2.22. The van der Waals surface area contributed by atoms with Crippen LogP contribution in [0.5, 0.6) is 11.5 Å². The van der Waals surface area contributed by atoms with E-state index in [1.807, 2.05) is 43.5 Å². The summed E-state index contributed by atoms with van der Waals surface area (Å²) in [6, 6.07) is 18.1. The van der Waals surface area contributed by atoms with Crippen molar-refractivity contribution in [2.24, 2.45) is 0 Å². The van der Waals surface area contributed by atoms with Crippen LogP contribution in [0, 0.1) is 13.8 Å². The quantitative estimate of drug-likeness (QED) is 0.505. The van der Waals surface area contributed by atoms with Crippen molar-refractivity contribution >= 4 is 10.9 Å². The minimum absolute atomic E-state index is 0.0785. The van der Waals surface area contributed by atoms with E-state index in [1.165, 1.54) is 5.56 Å². The number of methoxy groups -OCH3 is 1. The molecule has 1 atom stereocenters. The molecule has 1 N–H and O–H groups in total. The normalized spacial score (nSPS) is 12.1. The zero-order chi connectivity index (χ0) is 20.4. The molecule has 0 fully saturated rings. The van der Waals surface area contributed by atoms with Gasteiger partial charge in [0.15, 0.2) is 0 Å². The van der Waals surface area contributed by atoms with Crippen molar-refractivity contribution in [2.45, 2.75) is 26.2 Å². The van der Waals surface area contributed by atoms with E-state index in [0.29, 0.717) is 11.9 Å². The molecule has 0 aliphatic carbocycles. The van der Waals surface area contributed by atoms with Gasteiger partial charge in [-0.25, -0.2) is 0 Å². The molecule has 0 aliphatic rings. The zero-order valence-corrected chi connectivity index (χ0v) is 16.9. The molecule has 4 heteroatoms. The highest BCUT2D eigenvalue weighted by atomic mass is 16.5. The van der Waals surface area contributed by atoms with Gasteiger partial charge in [0.25, 0.3) is 0 Å². The average Bonchev–Trinajstić information content (AvgIpc) is 2.73. The summed E-state index contributed by atoms with van der Waals surface area (Å²) in [5.41, 5.74) is 5.75. The molecule has 0 spiro atoms. The van der Waals surface area contributed by atoms with Crippen molar-refractivity contribution in [3.05, 3.63) is 94.9 Å². The van der Waals surface area contributed by atoms with Crippen molar-refractivity contribution in [3.8, 4) is 11.5 Å². The number of aryl methyl sites for hydroxylation is 2. The van der Waals surface area contributed by atoms with Crippen LogP contribution in [0.15, 0.2) is 67.0 Å². The summed E-state index contributed by atoms with van der Waals surface area (Å²) in [6.07, 6.45) is 4.21. The Hall–Kier alpha value is -3.40. The maximum Gasteiger partial charge on any atom is 0.145 e. The van der Waals surface area contributed by atoms with Crippen molar-refractivity contribution in [3.63, 3.8) is 0 Å². The lowest BCUT2D eigenvalue weighted by molar-refractivity contribution is 0.410. The second-order valence-electron chi connectivity index (χ2n) is 7.39. The summed E-state index contributed by atoms with van der Waals surface area (Å²) in [4.78, 5) is 8.95. The van der Waals surface area contributed by atoms with Crippen LogP contribution in [-0.2, 0) is 6.42 Å². The molecule has 2 aromatic heterocycles. The molecule has 4 nitrogen and oxygen atoms in total. The first-order valence-corrected chi connectivity index (χ1v) is 9.69. The van der Waals surface area contributed by atoms with Gasteiger partial charge >= 0.3 is 0 Å². The number of ether oxygens (including phenoxy) is 1. The van der Waals surface area contributed by atoms with Gasteiger partial charge in [0.05, 0.1) is 7.11 Å². The number of hydrogen-bond donors (Lipinski definition) is 1. The number of aromatic hydroxyl groups is 1. The van der Waals surface area contributed by atoms with Crippen LogP contribution in [-0.4, -0.2) is 22.2 Å². The fourth-order valence-electron chi connectivity index (χ4n) is 3.81. The summed E-state index contributed by atoms with van der Waals surface area (Å²) < 4.78 is 5.55. The third-order valence-electron chi connectivity index (χ3n) is 5.37. The van der Waals surface area contributed by atoms with Crippen molar-refractivity contribution in [1.82, 2.24) is 9.97 Å². The number of benzene rings is 2. The molecular weight excluding hydrogens is 360 g/mol. The summed E-state index contributed by atoms with van der Waals surface area (Å²) in [5.74, 6) is 0.980. The van der Waals surface area contributed by atoms with E-state index in [9.17, 15) is 5.11 Å². The van der Waals surface area contributed by atoms with E-state index >= 15 is 0 Å². The molecule has 2 aromatic carbocycles. The predicted molar refractivity (Wildman–Crippen MR) is 116 cm³/mol. The van der Waals surface area contributed by atoms with Gasteiger partial charge in [0.2, 0.25) is 0 Å². The van der Waals surface area contributed by atoms with Crippen LogP contribution in [0.2, 0.25) is 0 Å². The molecule has 1 unspecified atom stereocenters. The highest BCUT2D eigenvalue weighted by Crippen LogP contribution is 2.38. The molecular formula is C25H24N2O2. The second kappa shape index (κ2) is 7.92. The molecule has 0 saturated heterocycles. The number of phenols is 1. The topological polar surface area (TPSA) is 55.2 Å².